The van der Waals surface area contributed by atoms with Crippen LogP contribution in [0.5, 0.6) is 0 Å². The first-order valence-corrected chi connectivity index (χ1v) is 6.88. The van der Waals surface area contributed by atoms with Crippen molar-refractivity contribution in [1.29, 1.82) is 0 Å². The number of nitrogens with one attached hydrogen (secondary N) is 2. The number of rotatable bonds is 1. The molecule has 0 spiro atoms. The van der Waals surface area contributed by atoms with Crippen molar-refractivity contribution in [2.45, 2.75) is 51.3 Å². The van der Waals surface area contributed by atoms with Crippen molar-refractivity contribution in [3.63, 3.8) is 0 Å². The van der Waals surface area contributed by atoms with Crippen LogP contribution in [0, 0.1) is 0 Å². The molecular formula is C13H25N3O2. The molecule has 1 amide bonds. The van der Waals surface area contributed by atoms with Gasteiger partial charge in [0.2, 0.25) is 0 Å². The molecule has 2 fully saturated rings. The molecule has 0 aromatic carbocycles. The molecule has 5 heteroatoms. The number of nitrogens with zero attached hydrogens (tertiary/aromatic N) is 1. The summed E-state index contributed by atoms with van der Waals surface area (Å²) in [5.74, 6) is 0. The van der Waals surface area contributed by atoms with E-state index in [9.17, 15) is 4.79 Å². The van der Waals surface area contributed by atoms with Gasteiger partial charge in [0.05, 0.1) is 0 Å². The summed E-state index contributed by atoms with van der Waals surface area (Å²) in [4.78, 5) is 14.2. The lowest BCUT2D eigenvalue weighted by Gasteiger charge is -2.42. The van der Waals surface area contributed by atoms with Gasteiger partial charge < -0.3 is 15.4 Å². The number of piperidine rings is 1. The summed E-state index contributed by atoms with van der Waals surface area (Å²) in [5.41, 5.74) is -0.419. The first kappa shape index (κ1) is 13.6. The Hall–Kier alpha value is -0.810. The average Bonchev–Trinajstić information content (AvgIpc) is 2.26. The number of hydrogen-bond acceptors (Lipinski definition) is 4. The SMILES string of the molecule is CC(C)(C)OC(=O)NC1CCN2CCNCC2C1. The summed E-state index contributed by atoms with van der Waals surface area (Å²) in [7, 11) is 0. The normalized spacial score (nSPS) is 29.5. The van der Waals surface area contributed by atoms with Crippen LogP contribution in [-0.4, -0.2) is 54.9 Å². The Kier molecular flexibility index (Phi) is 4.12. The van der Waals surface area contributed by atoms with E-state index in [1.165, 1.54) is 0 Å². The molecule has 0 aromatic heterocycles. The summed E-state index contributed by atoms with van der Waals surface area (Å²) in [6, 6.07) is 0.813. The van der Waals surface area contributed by atoms with E-state index in [0.717, 1.165) is 39.0 Å². The standard InChI is InChI=1S/C13H25N3O2/c1-13(2,3)18-12(17)15-10-4-6-16-7-5-14-9-11(16)8-10/h10-11,14H,4-9H2,1-3H3,(H,15,17). The molecule has 2 unspecified atom stereocenters. The molecule has 18 heavy (non-hydrogen) atoms. The van der Waals surface area contributed by atoms with Crippen LogP contribution >= 0.6 is 0 Å². The van der Waals surface area contributed by atoms with Gasteiger partial charge in [-0.3, -0.25) is 4.90 Å². The van der Waals surface area contributed by atoms with Crippen molar-refractivity contribution in [3.8, 4) is 0 Å². The van der Waals surface area contributed by atoms with E-state index in [0.29, 0.717) is 6.04 Å². The minimum atomic E-state index is -0.419. The molecule has 0 aromatic rings. The molecule has 2 aliphatic rings. The van der Waals surface area contributed by atoms with Crippen molar-refractivity contribution in [2.75, 3.05) is 26.2 Å². The van der Waals surface area contributed by atoms with E-state index in [1.807, 2.05) is 20.8 Å². The third kappa shape index (κ3) is 3.85. The molecule has 2 atom stereocenters. The topological polar surface area (TPSA) is 53.6 Å². The van der Waals surface area contributed by atoms with Crippen molar-refractivity contribution >= 4 is 6.09 Å². The minimum Gasteiger partial charge on any atom is -0.444 e. The maximum absolute atomic E-state index is 11.7. The van der Waals surface area contributed by atoms with Gasteiger partial charge in [-0.2, -0.15) is 0 Å². The van der Waals surface area contributed by atoms with Gasteiger partial charge in [0.1, 0.15) is 5.60 Å². The Morgan fingerprint density at radius 1 is 1.39 bits per heavy atom. The average molecular weight is 255 g/mol. The lowest BCUT2D eigenvalue weighted by atomic mass is 9.96. The van der Waals surface area contributed by atoms with E-state index in [1.54, 1.807) is 0 Å². The first-order chi connectivity index (χ1) is 8.44. The second-order valence-corrected chi connectivity index (χ2v) is 6.26. The summed E-state index contributed by atoms with van der Waals surface area (Å²) in [6.45, 7) is 9.99. The van der Waals surface area contributed by atoms with Gasteiger partial charge >= 0.3 is 6.09 Å². The lowest BCUT2D eigenvalue weighted by molar-refractivity contribution is 0.0434. The molecule has 2 aliphatic heterocycles. The van der Waals surface area contributed by atoms with Crippen molar-refractivity contribution in [3.05, 3.63) is 0 Å². The molecule has 0 saturated carbocycles. The zero-order valence-corrected chi connectivity index (χ0v) is 11.7. The fourth-order valence-electron chi connectivity index (χ4n) is 2.70. The molecule has 5 nitrogen and oxygen atoms in total. The summed E-state index contributed by atoms with van der Waals surface area (Å²) < 4.78 is 5.30. The summed E-state index contributed by atoms with van der Waals surface area (Å²) in [5, 5.41) is 6.40. The Morgan fingerprint density at radius 2 is 2.17 bits per heavy atom. The van der Waals surface area contributed by atoms with E-state index in [-0.39, 0.29) is 12.1 Å². The van der Waals surface area contributed by atoms with Gasteiger partial charge in [0.25, 0.3) is 0 Å². The van der Waals surface area contributed by atoms with Crippen LogP contribution < -0.4 is 10.6 Å². The molecule has 104 valence electrons. The number of ether oxygens (including phenoxy) is 1. The number of amides is 1. The van der Waals surface area contributed by atoms with Gasteiger partial charge in [0, 0.05) is 38.3 Å². The zero-order valence-electron chi connectivity index (χ0n) is 11.7. The largest absolute Gasteiger partial charge is 0.444 e. The van der Waals surface area contributed by atoms with Crippen LogP contribution in [0.15, 0.2) is 0 Å². The monoisotopic (exact) mass is 255 g/mol. The zero-order chi connectivity index (χ0) is 13.2. The van der Waals surface area contributed by atoms with Crippen LogP contribution in [0.4, 0.5) is 4.79 Å². The maximum atomic E-state index is 11.7. The molecule has 2 rings (SSSR count). The highest BCUT2D eigenvalue weighted by Crippen LogP contribution is 2.19. The highest BCUT2D eigenvalue weighted by molar-refractivity contribution is 5.68. The molecule has 0 radical (unpaired) electrons. The van der Waals surface area contributed by atoms with Gasteiger partial charge in [-0.25, -0.2) is 4.79 Å². The van der Waals surface area contributed by atoms with E-state index in [2.05, 4.69) is 15.5 Å². The summed E-state index contributed by atoms with van der Waals surface area (Å²) >= 11 is 0. The van der Waals surface area contributed by atoms with Crippen LogP contribution in [-0.2, 0) is 4.74 Å². The Labute approximate surface area is 109 Å². The highest BCUT2D eigenvalue weighted by atomic mass is 16.6. The van der Waals surface area contributed by atoms with E-state index in [4.69, 9.17) is 4.74 Å². The predicted octanol–water partition coefficient (Wildman–Crippen LogP) is 0.947. The minimum absolute atomic E-state index is 0.251. The quantitative estimate of drug-likeness (QED) is 0.732. The summed E-state index contributed by atoms with van der Waals surface area (Å²) in [6.07, 6.45) is 1.76. The Bertz CT molecular complexity index is 301. The molecular weight excluding hydrogens is 230 g/mol. The number of alkyl carbamates (subject to hydrolysis) is 1. The van der Waals surface area contributed by atoms with Gasteiger partial charge in [-0.15, -0.1) is 0 Å². The molecule has 0 aliphatic carbocycles. The predicted molar refractivity (Wildman–Crippen MR) is 70.6 cm³/mol. The number of fused-ring (bicyclic) bond motifs is 1. The van der Waals surface area contributed by atoms with E-state index < -0.39 is 5.60 Å². The molecule has 2 N–H and O–H groups in total. The van der Waals surface area contributed by atoms with Crippen molar-refractivity contribution in [1.82, 2.24) is 15.5 Å². The molecule has 0 bridgehead atoms. The third-order valence-corrected chi connectivity index (χ3v) is 3.51. The maximum Gasteiger partial charge on any atom is 0.407 e. The lowest BCUT2D eigenvalue weighted by Crippen LogP contribution is -2.58. The first-order valence-electron chi connectivity index (χ1n) is 6.88. The third-order valence-electron chi connectivity index (χ3n) is 3.51. The van der Waals surface area contributed by atoms with Gasteiger partial charge in [-0.1, -0.05) is 0 Å². The number of carbonyl (C=O) groups is 1. The Balaban J connectivity index is 1.79. The second-order valence-electron chi connectivity index (χ2n) is 6.26. The van der Waals surface area contributed by atoms with Gasteiger partial charge in [0.15, 0.2) is 0 Å². The Morgan fingerprint density at radius 3 is 2.89 bits per heavy atom. The fraction of sp³-hybridized carbons (Fsp3) is 0.923. The smallest absolute Gasteiger partial charge is 0.407 e. The fourth-order valence-corrected chi connectivity index (χ4v) is 2.70. The van der Waals surface area contributed by atoms with Crippen LogP contribution in [0.3, 0.4) is 0 Å². The van der Waals surface area contributed by atoms with Crippen LogP contribution in [0.25, 0.3) is 0 Å². The molecule has 2 heterocycles. The number of carbonyl (C=O) groups excluding carboxylic acids is 1. The second kappa shape index (κ2) is 5.45. The van der Waals surface area contributed by atoms with Crippen LogP contribution in [0.1, 0.15) is 33.6 Å². The van der Waals surface area contributed by atoms with E-state index >= 15 is 0 Å². The number of piperazine rings is 1. The highest BCUT2D eigenvalue weighted by Gasteiger charge is 2.31. The number of hydrogen-bond donors (Lipinski definition) is 2. The van der Waals surface area contributed by atoms with Crippen LogP contribution in [0.2, 0.25) is 0 Å². The van der Waals surface area contributed by atoms with Gasteiger partial charge in [-0.05, 0) is 33.6 Å². The van der Waals surface area contributed by atoms with Crippen molar-refractivity contribution < 1.29 is 9.53 Å². The molecule has 2 saturated heterocycles. The van der Waals surface area contributed by atoms with Crippen molar-refractivity contribution in [2.24, 2.45) is 0 Å².